The lowest BCUT2D eigenvalue weighted by Gasteiger charge is -2.57. The number of carbonyl (C=O) groups excluding carboxylic acids is 1. The predicted molar refractivity (Wildman–Crippen MR) is 124 cm³/mol. The molecule has 5 unspecified atom stereocenters. The van der Waals surface area contributed by atoms with Crippen LogP contribution in [-0.4, -0.2) is 59.7 Å². The summed E-state index contributed by atoms with van der Waals surface area (Å²) in [6.45, 7) is 16.1. The maximum Gasteiger partial charge on any atom is 0.250 e. The van der Waals surface area contributed by atoms with E-state index in [-0.39, 0.29) is 34.0 Å². The minimum atomic E-state index is -0.474. The first kappa shape index (κ1) is 27.8. The first-order valence-corrected chi connectivity index (χ1v) is 10.9. The predicted octanol–water partition coefficient (Wildman–Crippen LogP) is 4.80. The molecule has 5 atom stereocenters. The second kappa shape index (κ2) is 11.9. The van der Waals surface area contributed by atoms with Gasteiger partial charge < -0.3 is 10.2 Å². The summed E-state index contributed by atoms with van der Waals surface area (Å²) in [5.74, 6) is 0.535. The number of hydrogen-bond acceptors (Lipinski definition) is 4. The van der Waals surface area contributed by atoms with Crippen LogP contribution in [0.4, 0.5) is 0 Å². The van der Waals surface area contributed by atoms with E-state index in [2.05, 4.69) is 70.9 Å². The molecule has 1 fully saturated rings. The van der Waals surface area contributed by atoms with Crippen molar-refractivity contribution in [1.82, 2.24) is 15.3 Å². The Bertz CT molecular complexity index is 477. The molecule has 1 saturated heterocycles. The first-order chi connectivity index (χ1) is 12.5. The molecule has 0 aliphatic carbocycles. The molecule has 0 aromatic rings. The Morgan fingerprint density at radius 3 is 2.36 bits per heavy atom. The number of amides is 1. The Hall–Kier alpha value is -0.170. The molecule has 1 aliphatic rings. The molecule has 0 bridgehead atoms. The quantitative estimate of drug-likeness (QED) is 0.472. The van der Waals surface area contributed by atoms with Gasteiger partial charge in [0.05, 0.1) is 0 Å². The highest BCUT2D eigenvalue weighted by atomic mass is 79.9. The van der Waals surface area contributed by atoms with E-state index in [1.54, 1.807) is 0 Å². The van der Waals surface area contributed by atoms with Crippen LogP contribution in [0.15, 0.2) is 0 Å². The molecule has 0 aromatic carbocycles. The van der Waals surface area contributed by atoms with E-state index in [0.29, 0.717) is 18.5 Å². The number of carbonyl (C=O) groups is 1. The lowest BCUT2D eigenvalue weighted by Crippen LogP contribution is -2.65. The minimum absolute atomic E-state index is 0. The molecule has 1 rings (SSSR count). The molecular weight excluding hydrogens is 418 g/mol. The zero-order valence-electron chi connectivity index (χ0n) is 19.8. The van der Waals surface area contributed by atoms with Crippen molar-refractivity contribution in [2.45, 2.75) is 110 Å². The smallest absolute Gasteiger partial charge is 0.250 e. The Labute approximate surface area is 184 Å². The molecule has 1 N–H and O–H groups in total. The molecule has 5 nitrogen and oxygen atoms in total. The second-order valence-electron chi connectivity index (χ2n) is 9.29. The number of rotatable bonds is 10. The summed E-state index contributed by atoms with van der Waals surface area (Å²) in [6, 6.07) is 0.529. The van der Waals surface area contributed by atoms with Gasteiger partial charge in [0.15, 0.2) is 6.10 Å². The first-order valence-electron chi connectivity index (χ1n) is 10.9. The standard InChI is InChI=1S/C22H45N3O2.BrH/c1-10-21(6)15-14-17(3)22(7,11-2)25(21)27-19(5)20(26)23-16-12-13-18(4)24(8)9;/h17-19H,10-16H2,1-9H3,(H,23,26);1H. The van der Waals surface area contributed by atoms with Crippen molar-refractivity contribution in [3.63, 3.8) is 0 Å². The van der Waals surface area contributed by atoms with Gasteiger partial charge in [-0.2, -0.15) is 5.06 Å². The van der Waals surface area contributed by atoms with Crippen LogP contribution < -0.4 is 5.32 Å². The average Bonchev–Trinajstić information content (AvgIpc) is 2.64. The van der Waals surface area contributed by atoms with Crippen molar-refractivity contribution in [2.75, 3.05) is 20.6 Å². The van der Waals surface area contributed by atoms with Gasteiger partial charge in [-0.05, 0) is 86.2 Å². The zero-order valence-corrected chi connectivity index (χ0v) is 21.5. The highest BCUT2D eigenvalue weighted by Gasteiger charge is 2.50. The van der Waals surface area contributed by atoms with Crippen molar-refractivity contribution in [1.29, 1.82) is 0 Å². The van der Waals surface area contributed by atoms with Gasteiger partial charge >= 0.3 is 0 Å². The molecule has 1 heterocycles. The topological polar surface area (TPSA) is 44.8 Å². The molecule has 0 saturated carbocycles. The summed E-state index contributed by atoms with van der Waals surface area (Å²) in [7, 11) is 4.18. The van der Waals surface area contributed by atoms with Gasteiger partial charge in [-0.3, -0.25) is 9.63 Å². The Morgan fingerprint density at radius 2 is 1.86 bits per heavy atom. The van der Waals surface area contributed by atoms with E-state index >= 15 is 0 Å². The van der Waals surface area contributed by atoms with E-state index in [1.807, 2.05) is 6.92 Å². The van der Waals surface area contributed by atoms with Gasteiger partial charge in [-0.15, -0.1) is 17.0 Å². The summed E-state index contributed by atoms with van der Waals surface area (Å²) in [5, 5.41) is 5.25. The van der Waals surface area contributed by atoms with E-state index < -0.39 is 6.10 Å². The molecule has 1 amide bonds. The number of nitrogens with zero attached hydrogens (tertiary/aromatic N) is 2. The van der Waals surface area contributed by atoms with Gasteiger partial charge in [-0.25, -0.2) is 0 Å². The van der Waals surface area contributed by atoms with Crippen LogP contribution in [0.1, 0.15) is 87.0 Å². The Morgan fingerprint density at radius 1 is 1.25 bits per heavy atom. The van der Waals surface area contributed by atoms with Gasteiger partial charge in [0.1, 0.15) is 0 Å². The number of halogens is 1. The summed E-state index contributed by atoms with van der Waals surface area (Å²) in [4.78, 5) is 21.2. The fourth-order valence-corrected chi connectivity index (χ4v) is 4.03. The molecule has 1 aliphatic heterocycles. The van der Waals surface area contributed by atoms with Crippen molar-refractivity contribution >= 4 is 22.9 Å². The maximum absolute atomic E-state index is 12.6. The van der Waals surface area contributed by atoms with E-state index in [4.69, 9.17) is 4.84 Å². The second-order valence-corrected chi connectivity index (χ2v) is 9.29. The van der Waals surface area contributed by atoms with Gasteiger partial charge in [-0.1, -0.05) is 20.8 Å². The van der Waals surface area contributed by atoms with Crippen LogP contribution >= 0.6 is 17.0 Å². The number of hydrogen-bond donors (Lipinski definition) is 1. The van der Waals surface area contributed by atoms with Crippen molar-refractivity contribution < 1.29 is 9.63 Å². The lowest BCUT2D eigenvalue weighted by atomic mass is 9.71. The summed E-state index contributed by atoms with van der Waals surface area (Å²) < 4.78 is 0. The van der Waals surface area contributed by atoms with Crippen LogP contribution in [0.25, 0.3) is 0 Å². The zero-order chi connectivity index (χ0) is 20.8. The normalized spacial score (nSPS) is 30.6. The van der Waals surface area contributed by atoms with Crippen LogP contribution in [0.5, 0.6) is 0 Å². The molecule has 0 aromatic heterocycles. The summed E-state index contributed by atoms with van der Waals surface area (Å²) in [5.41, 5.74) is -0.0638. The number of piperidine rings is 1. The maximum atomic E-state index is 12.6. The monoisotopic (exact) mass is 463 g/mol. The van der Waals surface area contributed by atoms with E-state index in [9.17, 15) is 4.79 Å². The molecule has 6 heteroatoms. The number of hydroxylamine groups is 2. The largest absolute Gasteiger partial charge is 0.354 e. The fraction of sp³-hybridized carbons (Fsp3) is 0.955. The minimum Gasteiger partial charge on any atom is -0.354 e. The van der Waals surface area contributed by atoms with Gasteiger partial charge in [0, 0.05) is 23.7 Å². The van der Waals surface area contributed by atoms with E-state index in [0.717, 1.165) is 32.1 Å². The molecule has 28 heavy (non-hydrogen) atoms. The van der Waals surface area contributed by atoms with Gasteiger partial charge in [0.25, 0.3) is 5.91 Å². The van der Waals surface area contributed by atoms with Gasteiger partial charge in [0.2, 0.25) is 0 Å². The third-order valence-corrected chi connectivity index (χ3v) is 7.22. The third kappa shape index (κ3) is 6.68. The summed E-state index contributed by atoms with van der Waals surface area (Å²) >= 11 is 0. The molecule has 168 valence electrons. The average molecular weight is 465 g/mol. The van der Waals surface area contributed by atoms with Crippen LogP contribution in [-0.2, 0) is 9.63 Å². The highest BCUT2D eigenvalue weighted by Crippen LogP contribution is 2.45. The van der Waals surface area contributed by atoms with Crippen molar-refractivity contribution in [3.05, 3.63) is 0 Å². The Kier molecular flexibility index (Phi) is 11.8. The van der Waals surface area contributed by atoms with Crippen LogP contribution in [0, 0.1) is 5.92 Å². The van der Waals surface area contributed by atoms with E-state index in [1.165, 1.54) is 6.42 Å². The van der Waals surface area contributed by atoms with Crippen molar-refractivity contribution in [3.8, 4) is 0 Å². The fourth-order valence-electron chi connectivity index (χ4n) is 4.03. The lowest BCUT2D eigenvalue weighted by molar-refractivity contribution is -0.316. The SMILES string of the molecule is Br.CCC1(C)CCC(C)C(C)(CC)N1OC(C)C(=O)NCCCC(C)N(C)C. The van der Waals surface area contributed by atoms with Crippen LogP contribution in [0.2, 0.25) is 0 Å². The van der Waals surface area contributed by atoms with Crippen LogP contribution in [0.3, 0.4) is 0 Å². The Balaban J connectivity index is 0.00000729. The molecule has 0 radical (unpaired) electrons. The third-order valence-electron chi connectivity index (χ3n) is 7.22. The molecule has 0 spiro atoms. The number of nitrogens with one attached hydrogen (secondary N) is 1. The molecular formula is C22H46BrN3O2. The summed E-state index contributed by atoms with van der Waals surface area (Å²) in [6.07, 6.45) is 5.94. The van der Waals surface area contributed by atoms with Crippen molar-refractivity contribution in [2.24, 2.45) is 5.92 Å². The highest BCUT2D eigenvalue weighted by molar-refractivity contribution is 8.93.